The number of pyridine rings is 1. The number of fused-ring (bicyclic) bond motifs is 2. The lowest BCUT2D eigenvalue weighted by molar-refractivity contribution is -0.0468. The number of hydrogen-bond acceptors (Lipinski definition) is 12. The van der Waals surface area contributed by atoms with Crippen molar-refractivity contribution < 1.29 is 46.1 Å². The summed E-state index contributed by atoms with van der Waals surface area (Å²) in [7, 11) is -8.79. The molecule has 1 unspecified atom stereocenters. The number of carbonyl (C=O) groups excluding carboxylic acids is 1. The summed E-state index contributed by atoms with van der Waals surface area (Å²) in [6.45, 7) is 3.05. The van der Waals surface area contributed by atoms with Crippen LogP contribution >= 0.6 is 19.2 Å². The van der Waals surface area contributed by atoms with Crippen LogP contribution in [0.3, 0.4) is 0 Å². The lowest BCUT2D eigenvalue weighted by Gasteiger charge is -2.20. The van der Waals surface area contributed by atoms with E-state index in [0.29, 0.717) is 36.4 Å². The van der Waals surface area contributed by atoms with Crippen molar-refractivity contribution in [3.05, 3.63) is 23.0 Å². The Kier molecular flexibility index (Phi) is 17.6. The quantitative estimate of drug-likeness (QED) is 0.0375. The molecule has 5 atom stereocenters. The van der Waals surface area contributed by atoms with Crippen LogP contribution in [-0.2, 0) is 37.9 Å². The van der Waals surface area contributed by atoms with Crippen molar-refractivity contribution in [2.24, 2.45) is 0 Å². The van der Waals surface area contributed by atoms with E-state index in [4.69, 9.17) is 35.1 Å². The molecule has 314 valence electrons. The van der Waals surface area contributed by atoms with Crippen molar-refractivity contribution in [1.82, 2.24) is 9.55 Å². The number of anilines is 1. The molecule has 4 heterocycles. The Hall–Kier alpha value is -2.44. The number of nitrogens with one attached hydrogen (secondary N) is 1. The third kappa shape index (κ3) is 13.0. The molecule has 1 aliphatic carbocycles. The van der Waals surface area contributed by atoms with Gasteiger partial charge in [0.05, 0.1) is 18.0 Å². The molecule has 17 heteroatoms. The van der Waals surface area contributed by atoms with Crippen LogP contribution in [-0.4, -0.2) is 84.4 Å². The Balaban J connectivity index is 1.02. The van der Waals surface area contributed by atoms with Crippen LogP contribution in [0.1, 0.15) is 141 Å². The van der Waals surface area contributed by atoms with Crippen LogP contribution in [0.5, 0.6) is 0 Å². The van der Waals surface area contributed by atoms with E-state index in [-0.39, 0.29) is 23.4 Å². The van der Waals surface area contributed by atoms with Crippen LogP contribution in [0.2, 0.25) is 5.15 Å². The molecule has 3 aliphatic rings. The molecule has 2 aromatic heterocycles. The highest BCUT2D eigenvalue weighted by Crippen LogP contribution is 2.46. The van der Waals surface area contributed by atoms with E-state index in [1.165, 1.54) is 77.0 Å². The minimum absolute atomic E-state index is 0.0240. The smallest absolute Gasteiger partial charge is 0.424 e. The molecule has 0 amide bonds. The molecule has 2 aromatic rings. The number of aromatic nitrogens is 2. The molecular weight excluding hydrogens is 783 g/mol. The van der Waals surface area contributed by atoms with E-state index in [1.807, 2.05) is 0 Å². The fraction of sp³-hybridized carbons (Fsp3) is 0.769. The Labute approximate surface area is 336 Å². The van der Waals surface area contributed by atoms with Crippen LogP contribution in [0.4, 0.5) is 10.5 Å². The topological polar surface area (TPSA) is 188 Å². The fourth-order valence-corrected chi connectivity index (χ4v) is 12.0. The van der Waals surface area contributed by atoms with Crippen molar-refractivity contribution in [3.63, 3.8) is 0 Å². The van der Waals surface area contributed by atoms with Gasteiger partial charge in [-0.25, -0.2) is 18.2 Å². The molecule has 14 nitrogen and oxygen atoms in total. The fourth-order valence-electron chi connectivity index (χ4n) is 7.91. The minimum atomic E-state index is -4.53. The van der Waals surface area contributed by atoms with Gasteiger partial charge in [-0.2, -0.15) is 5.26 Å². The molecule has 3 fully saturated rings. The maximum Gasteiger partial charge on any atom is 0.509 e. The summed E-state index contributed by atoms with van der Waals surface area (Å²) in [5, 5.41) is 13.9. The summed E-state index contributed by atoms with van der Waals surface area (Å²) in [5.74, 6) is -0.724. The minimum Gasteiger partial charge on any atom is -0.424 e. The first-order valence-corrected chi connectivity index (χ1v) is 24.6. The Bertz CT molecular complexity index is 1770. The van der Waals surface area contributed by atoms with E-state index in [2.05, 4.69) is 23.3 Å². The summed E-state index contributed by atoms with van der Waals surface area (Å²) >= 11 is 6.47. The average Bonchev–Trinajstić information content (AvgIpc) is 3.95. The molecule has 1 saturated carbocycles. The molecule has 0 radical (unpaired) electrons. The average molecular weight is 843 g/mol. The van der Waals surface area contributed by atoms with Crippen LogP contribution < -0.4 is 5.32 Å². The van der Waals surface area contributed by atoms with E-state index in [0.717, 1.165) is 38.5 Å². The summed E-state index contributed by atoms with van der Waals surface area (Å²) in [4.78, 5) is 27.1. The highest BCUT2D eigenvalue weighted by atomic mass is 35.5. The zero-order chi connectivity index (χ0) is 40.0. The van der Waals surface area contributed by atoms with Crippen LogP contribution in [0.25, 0.3) is 11.0 Å². The van der Waals surface area contributed by atoms with Crippen LogP contribution in [0.15, 0.2) is 12.3 Å². The number of unbranched alkanes of at least 4 members (excludes halogenated alkanes) is 13. The second-order valence-corrected chi connectivity index (χ2v) is 20.1. The zero-order valence-corrected chi connectivity index (χ0v) is 35.2. The zero-order valence-electron chi connectivity index (χ0n) is 32.7. The maximum atomic E-state index is 13.2. The van der Waals surface area contributed by atoms with Gasteiger partial charge in [-0.05, 0) is 31.7 Å². The number of hydrogen-bond donors (Lipinski definition) is 2. The van der Waals surface area contributed by atoms with Gasteiger partial charge in [0, 0.05) is 30.8 Å². The number of nitriles is 1. The van der Waals surface area contributed by atoms with E-state index in [9.17, 15) is 27.9 Å². The van der Waals surface area contributed by atoms with Gasteiger partial charge in [-0.3, -0.25) is 4.57 Å². The molecule has 2 aliphatic heterocycles. The van der Waals surface area contributed by atoms with Gasteiger partial charge < -0.3 is 38.2 Å². The van der Waals surface area contributed by atoms with E-state index >= 15 is 0 Å². The molecule has 0 bridgehead atoms. The maximum absolute atomic E-state index is 13.2. The number of ether oxygens (including phenoxy) is 4. The summed E-state index contributed by atoms with van der Waals surface area (Å²) in [5.41, 5.74) is -0.0526. The van der Waals surface area contributed by atoms with Gasteiger partial charge in [0.2, 0.25) is 0 Å². The first-order chi connectivity index (χ1) is 27.0. The van der Waals surface area contributed by atoms with Crippen molar-refractivity contribution in [3.8, 4) is 6.07 Å². The molecule has 0 aromatic carbocycles. The largest absolute Gasteiger partial charge is 0.509 e. The van der Waals surface area contributed by atoms with Gasteiger partial charge in [0.25, 0.3) is 0 Å². The Morgan fingerprint density at radius 2 is 1.57 bits per heavy atom. The predicted octanol–water partition coefficient (Wildman–Crippen LogP) is 9.18. The molecule has 0 spiro atoms. The van der Waals surface area contributed by atoms with Gasteiger partial charge in [0.15, 0.2) is 38.9 Å². The SMILES string of the molecule is CCCCCCCCCCCCCCCCOCCCOP(=O)(O)CS(=O)(=O)C[C@H]1O[C@@H](n2ccc3c(NC4CCCC4)c(C#N)c(Cl)nc32)[C@@H]2OC(=O)O[C@@H]21. The third-order valence-corrected chi connectivity index (χ3v) is 15.4. The molecular formula is C39H60ClN4O10PS. The van der Waals surface area contributed by atoms with Gasteiger partial charge in [0.1, 0.15) is 23.4 Å². The second-order valence-electron chi connectivity index (χ2n) is 15.4. The Morgan fingerprint density at radius 1 is 0.964 bits per heavy atom. The molecule has 56 heavy (non-hydrogen) atoms. The summed E-state index contributed by atoms with van der Waals surface area (Å²) in [6.07, 6.45) is 18.5. The second kappa shape index (κ2) is 22.1. The molecule has 2 saturated heterocycles. The third-order valence-electron chi connectivity index (χ3n) is 10.8. The number of nitrogens with zero attached hydrogens (tertiary/aromatic N) is 3. The Morgan fingerprint density at radius 3 is 2.21 bits per heavy atom. The lowest BCUT2D eigenvalue weighted by atomic mass is 10.0. The predicted molar refractivity (Wildman–Crippen MR) is 215 cm³/mol. The van der Waals surface area contributed by atoms with Crippen molar-refractivity contribution in [2.75, 3.05) is 36.4 Å². The van der Waals surface area contributed by atoms with Gasteiger partial charge in [-0.1, -0.05) is 115 Å². The number of halogens is 1. The number of carbonyl (C=O) groups is 1. The van der Waals surface area contributed by atoms with E-state index < -0.39 is 59.4 Å². The first-order valence-electron chi connectivity index (χ1n) is 20.7. The van der Waals surface area contributed by atoms with Gasteiger partial charge in [-0.15, -0.1) is 0 Å². The van der Waals surface area contributed by atoms with Crippen molar-refractivity contribution in [2.45, 2.75) is 160 Å². The standard InChI is InChI=1S/C39H60ClN4O10PS/c1-2-3-4-5-6-7-8-9-10-11-12-13-14-17-23-50-24-18-25-51-55(46,47)28-56(48,49)27-32-34-35(54-39(45)53-34)38(52-32)44-22-21-30-33(42-29-19-15-16-20-29)31(26-41)36(40)43-37(30)44/h21-22,29,32,34-35,38H,2-20,23-25,27-28H2,1H3,(H,42,43)(H,46,47)/t32-,34-,35-,38-/m1/s1. The lowest BCUT2D eigenvalue weighted by Crippen LogP contribution is -2.34. The highest BCUT2D eigenvalue weighted by Gasteiger charge is 2.56. The highest BCUT2D eigenvalue weighted by molar-refractivity contribution is 7.97. The normalized spacial score (nSPS) is 22.2. The van der Waals surface area contributed by atoms with Crippen LogP contribution in [0, 0.1) is 11.3 Å². The van der Waals surface area contributed by atoms with Crippen molar-refractivity contribution in [1.29, 1.82) is 5.26 Å². The van der Waals surface area contributed by atoms with E-state index in [1.54, 1.807) is 16.8 Å². The van der Waals surface area contributed by atoms with Crippen molar-refractivity contribution >= 4 is 51.9 Å². The monoisotopic (exact) mass is 842 g/mol. The molecule has 5 rings (SSSR count). The first kappa shape index (κ1) is 44.7. The summed E-state index contributed by atoms with van der Waals surface area (Å²) in [6, 6.07) is 4.04. The summed E-state index contributed by atoms with van der Waals surface area (Å²) < 4.78 is 68.5. The van der Waals surface area contributed by atoms with Gasteiger partial charge >= 0.3 is 13.8 Å². The number of rotatable bonds is 27. The molecule has 2 N–H and O–H groups in total. The number of sulfone groups is 1.